The lowest BCUT2D eigenvalue weighted by Gasteiger charge is -2.27. The number of aliphatic imine (C=N–C) groups is 1. The first kappa shape index (κ1) is 21.0. The summed E-state index contributed by atoms with van der Waals surface area (Å²) in [6, 6.07) is 11.7. The van der Waals surface area contributed by atoms with Gasteiger partial charge in [-0.25, -0.2) is 0 Å². The Morgan fingerprint density at radius 1 is 1.13 bits per heavy atom. The van der Waals surface area contributed by atoms with Crippen molar-refractivity contribution in [1.29, 1.82) is 0 Å². The molecule has 1 aliphatic rings. The van der Waals surface area contributed by atoms with Crippen LogP contribution in [-0.2, 0) is 15.1 Å². The monoisotopic (exact) mass is 409 g/mol. The Morgan fingerprint density at radius 3 is 2.40 bits per heavy atom. The molecule has 156 valence electrons. The average Bonchev–Trinajstić information content (AvgIpc) is 3.20. The predicted octanol–water partition coefficient (Wildman–Crippen LogP) is 0.684. The van der Waals surface area contributed by atoms with E-state index in [0.717, 1.165) is 5.56 Å². The Bertz CT molecular complexity index is 1030. The van der Waals surface area contributed by atoms with Crippen molar-refractivity contribution in [3.8, 4) is 5.75 Å². The summed E-state index contributed by atoms with van der Waals surface area (Å²) in [4.78, 5) is 41.2. The van der Waals surface area contributed by atoms with Gasteiger partial charge in [0.1, 0.15) is 11.5 Å². The number of anilines is 1. The number of carbonyl (C=O) groups excluding carboxylic acids is 3. The van der Waals surface area contributed by atoms with Gasteiger partial charge in [-0.3, -0.25) is 24.7 Å². The second-order valence-electron chi connectivity index (χ2n) is 6.75. The van der Waals surface area contributed by atoms with E-state index in [1.165, 1.54) is 7.05 Å². The molecule has 9 heteroatoms. The third-order valence-electron chi connectivity index (χ3n) is 4.98. The van der Waals surface area contributed by atoms with E-state index in [0.29, 0.717) is 22.6 Å². The maximum Gasteiger partial charge on any atom is 0.267 e. The Balaban J connectivity index is 1.84. The Morgan fingerprint density at radius 2 is 1.83 bits per heavy atom. The van der Waals surface area contributed by atoms with Crippen LogP contribution >= 0.6 is 0 Å². The molecule has 1 unspecified atom stereocenters. The highest BCUT2D eigenvalue weighted by molar-refractivity contribution is 6.47. The third-order valence-corrected chi connectivity index (χ3v) is 4.98. The number of ether oxygens (including phenoxy) is 1. The van der Waals surface area contributed by atoms with Gasteiger partial charge in [0.05, 0.1) is 13.8 Å². The summed E-state index contributed by atoms with van der Waals surface area (Å²) in [5, 5.41) is 8.19. The minimum Gasteiger partial charge on any atom is -0.496 e. The number of hydrogen-bond donors (Lipinski definition) is 4. The van der Waals surface area contributed by atoms with Crippen molar-refractivity contribution in [3.05, 3.63) is 59.2 Å². The third kappa shape index (κ3) is 3.62. The molecule has 2 aromatic rings. The fourth-order valence-electron chi connectivity index (χ4n) is 3.41. The van der Waals surface area contributed by atoms with Gasteiger partial charge in [0, 0.05) is 18.3 Å². The quantitative estimate of drug-likeness (QED) is 0.557. The van der Waals surface area contributed by atoms with Crippen LogP contribution in [0.1, 0.15) is 21.5 Å². The number of amides is 3. The van der Waals surface area contributed by atoms with Crippen LogP contribution in [0.5, 0.6) is 5.75 Å². The lowest BCUT2D eigenvalue weighted by molar-refractivity contribution is -0.123. The molecule has 0 saturated heterocycles. The number of nitrogens with zero attached hydrogens (tertiary/aromatic N) is 1. The zero-order valence-electron chi connectivity index (χ0n) is 16.9. The van der Waals surface area contributed by atoms with E-state index < -0.39 is 17.4 Å². The van der Waals surface area contributed by atoms with Crippen molar-refractivity contribution in [2.24, 2.45) is 10.7 Å². The predicted molar refractivity (Wildman–Crippen MR) is 113 cm³/mol. The van der Waals surface area contributed by atoms with Crippen LogP contribution in [0.25, 0.3) is 0 Å². The molecule has 0 saturated carbocycles. The highest BCUT2D eigenvalue weighted by Gasteiger charge is 2.49. The molecule has 0 fully saturated rings. The van der Waals surface area contributed by atoms with Crippen LogP contribution in [0.2, 0.25) is 0 Å². The van der Waals surface area contributed by atoms with E-state index in [1.807, 2.05) is 6.92 Å². The van der Waals surface area contributed by atoms with E-state index in [9.17, 15) is 14.4 Å². The van der Waals surface area contributed by atoms with Gasteiger partial charge in [0.15, 0.2) is 5.54 Å². The summed E-state index contributed by atoms with van der Waals surface area (Å²) in [7, 11) is 3.02. The highest BCUT2D eigenvalue weighted by Crippen LogP contribution is 2.28. The number of nitrogens with one attached hydrogen (secondary N) is 3. The molecular formula is C21H23N5O4. The number of hydrogen-bond acceptors (Lipinski definition) is 6. The van der Waals surface area contributed by atoms with Crippen molar-refractivity contribution in [3.63, 3.8) is 0 Å². The number of rotatable bonds is 6. The SMILES string of the molecule is CNC(=O)C1=NCNC1(C(N)=O)c1ccc(NC(=O)c2ccc(OC)c(C)c2)cc1. The van der Waals surface area contributed by atoms with Crippen molar-refractivity contribution >= 4 is 29.1 Å². The smallest absolute Gasteiger partial charge is 0.267 e. The summed E-state index contributed by atoms with van der Waals surface area (Å²) >= 11 is 0. The van der Waals surface area contributed by atoms with Gasteiger partial charge in [-0.05, 0) is 48.4 Å². The Labute approximate surface area is 173 Å². The molecule has 1 heterocycles. The summed E-state index contributed by atoms with van der Waals surface area (Å²) in [6.45, 7) is 1.94. The molecule has 9 nitrogen and oxygen atoms in total. The average molecular weight is 409 g/mol. The van der Waals surface area contributed by atoms with Gasteiger partial charge in [0.25, 0.3) is 11.8 Å². The summed E-state index contributed by atoms with van der Waals surface area (Å²) in [6.07, 6.45) is 0. The van der Waals surface area contributed by atoms with Gasteiger partial charge >= 0.3 is 0 Å². The number of nitrogens with two attached hydrogens (primary N) is 1. The fraction of sp³-hybridized carbons (Fsp3) is 0.238. The van der Waals surface area contributed by atoms with E-state index >= 15 is 0 Å². The minimum absolute atomic E-state index is 0.00277. The van der Waals surface area contributed by atoms with Crippen LogP contribution in [0.4, 0.5) is 5.69 Å². The molecule has 2 aromatic carbocycles. The number of methoxy groups -OCH3 is 1. The van der Waals surface area contributed by atoms with Crippen LogP contribution in [0.3, 0.4) is 0 Å². The molecule has 0 spiro atoms. The van der Waals surface area contributed by atoms with Crippen molar-refractivity contribution in [2.45, 2.75) is 12.5 Å². The summed E-state index contributed by atoms with van der Waals surface area (Å²) in [5.74, 6) is -0.825. The summed E-state index contributed by atoms with van der Waals surface area (Å²) < 4.78 is 5.21. The largest absolute Gasteiger partial charge is 0.496 e. The molecule has 0 bridgehead atoms. The molecule has 0 aliphatic carbocycles. The molecule has 30 heavy (non-hydrogen) atoms. The number of aryl methyl sites for hydroxylation is 1. The molecule has 3 rings (SSSR count). The normalized spacial score (nSPS) is 17.8. The maximum absolute atomic E-state index is 12.5. The van der Waals surface area contributed by atoms with Crippen molar-refractivity contribution in [2.75, 3.05) is 26.1 Å². The number of primary amides is 1. The van der Waals surface area contributed by atoms with Crippen LogP contribution in [-0.4, -0.2) is 44.3 Å². The van der Waals surface area contributed by atoms with Gasteiger partial charge in [0.2, 0.25) is 5.91 Å². The topological polar surface area (TPSA) is 135 Å². The van der Waals surface area contributed by atoms with Crippen LogP contribution in [0, 0.1) is 6.92 Å². The summed E-state index contributed by atoms with van der Waals surface area (Å²) in [5.41, 5.74) is 6.41. The lowest BCUT2D eigenvalue weighted by Crippen LogP contribution is -2.58. The zero-order valence-corrected chi connectivity index (χ0v) is 16.9. The molecule has 1 atom stereocenters. The standard InChI is InChI=1S/C21H23N5O4/c1-12-10-13(4-9-16(12)30-3)18(27)26-15-7-5-14(6-8-15)21(20(22)29)17(19(28)23-2)24-11-25-21/h4-10,25H,11H2,1-3H3,(H2,22,29)(H,23,28)(H,26,27). The first-order valence-electron chi connectivity index (χ1n) is 9.22. The molecular weight excluding hydrogens is 386 g/mol. The van der Waals surface area contributed by atoms with Crippen molar-refractivity contribution in [1.82, 2.24) is 10.6 Å². The maximum atomic E-state index is 12.5. The number of carbonyl (C=O) groups is 3. The highest BCUT2D eigenvalue weighted by atomic mass is 16.5. The van der Waals surface area contributed by atoms with Gasteiger partial charge < -0.3 is 21.1 Å². The molecule has 3 amide bonds. The van der Waals surface area contributed by atoms with E-state index in [1.54, 1.807) is 49.6 Å². The van der Waals surface area contributed by atoms with Crippen LogP contribution in [0.15, 0.2) is 47.5 Å². The van der Waals surface area contributed by atoms with Crippen molar-refractivity contribution < 1.29 is 19.1 Å². The Kier molecular flexibility index (Phi) is 5.84. The molecule has 1 aliphatic heterocycles. The first-order valence-corrected chi connectivity index (χ1v) is 9.22. The van der Waals surface area contributed by atoms with E-state index in [4.69, 9.17) is 10.5 Å². The Hall–Kier alpha value is -3.72. The lowest BCUT2D eigenvalue weighted by atomic mass is 9.84. The van der Waals surface area contributed by atoms with E-state index in [-0.39, 0.29) is 18.3 Å². The van der Waals surface area contributed by atoms with Gasteiger partial charge in [-0.1, -0.05) is 12.1 Å². The second-order valence-corrected chi connectivity index (χ2v) is 6.75. The second kappa shape index (κ2) is 8.34. The van der Waals surface area contributed by atoms with Gasteiger partial charge in [-0.15, -0.1) is 0 Å². The first-order chi connectivity index (χ1) is 14.3. The fourth-order valence-corrected chi connectivity index (χ4v) is 3.41. The zero-order chi connectivity index (χ0) is 21.9. The van der Waals surface area contributed by atoms with Crippen LogP contribution < -0.4 is 26.4 Å². The minimum atomic E-state index is -1.53. The van der Waals surface area contributed by atoms with Gasteiger partial charge in [-0.2, -0.15) is 0 Å². The molecule has 0 aromatic heterocycles. The van der Waals surface area contributed by atoms with E-state index in [2.05, 4.69) is 20.9 Å². The molecule has 0 radical (unpaired) electrons. The molecule has 5 N–H and O–H groups in total. The number of benzene rings is 2.